The summed E-state index contributed by atoms with van der Waals surface area (Å²) in [6.45, 7) is 6.57. The van der Waals surface area contributed by atoms with Gasteiger partial charge in [0, 0.05) is 0 Å². The maximum Gasteiger partial charge on any atom is 0.338 e. The van der Waals surface area contributed by atoms with Crippen LogP contribution in [-0.4, -0.2) is 17.2 Å². The van der Waals surface area contributed by atoms with Crippen LogP contribution in [0.4, 0.5) is 5.69 Å². The number of esters is 1. The third-order valence-corrected chi connectivity index (χ3v) is 4.48. The molecule has 1 aromatic carbocycles. The molecule has 0 radical (unpaired) electrons. The fourth-order valence-corrected chi connectivity index (χ4v) is 3.14. The first-order valence-corrected chi connectivity index (χ1v) is 7.68. The lowest BCUT2D eigenvalue weighted by molar-refractivity contribution is -0.0174. The minimum absolute atomic E-state index is 0.0158. The summed E-state index contributed by atoms with van der Waals surface area (Å²) >= 11 is 0. The molecule has 4 heteroatoms. The Kier molecular flexibility index (Phi) is 4.76. The van der Waals surface area contributed by atoms with Gasteiger partial charge in [-0.15, -0.1) is 0 Å². The average molecular weight is 291 g/mol. The van der Waals surface area contributed by atoms with Crippen LogP contribution >= 0.6 is 0 Å². The molecule has 2 rings (SSSR count). The van der Waals surface area contributed by atoms with Gasteiger partial charge in [-0.05, 0) is 48.8 Å². The first-order valence-electron chi connectivity index (χ1n) is 7.68. The van der Waals surface area contributed by atoms with Gasteiger partial charge in [0.25, 0.3) is 0 Å². The van der Waals surface area contributed by atoms with E-state index in [9.17, 15) is 9.90 Å². The molecule has 1 aliphatic rings. The molecule has 1 saturated carbocycles. The number of phenolic OH excluding ortho intramolecular Hbond substituents is 1. The number of ether oxygens (including phenoxy) is 1. The van der Waals surface area contributed by atoms with E-state index in [1.165, 1.54) is 18.6 Å². The van der Waals surface area contributed by atoms with E-state index in [4.69, 9.17) is 10.5 Å². The molecular weight excluding hydrogens is 266 g/mol. The van der Waals surface area contributed by atoms with E-state index in [-0.39, 0.29) is 23.5 Å². The molecule has 3 unspecified atom stereocenters. The van der Waals surface area contributed by atoms with Gasteiger partial charge in [0.1, 0.15) is 11.9 Å². The quantitative estimate of drug-likeness (QED) is 0.507. The number of benzene rings is 1. The van der Waals surface area contributed by atoms with Gasteiger partial charge in [-0.1, -0.05) is 27.2 Å². The second-order valence-electron chi connectivity index (χ2n) is 6.54. The molecule has 3 N–H and O–H groups in total. The number of hydrogen-bond acceptors (Lipinski definition) is 4. The summed E-state index contributed by atoms with van der Waals surface area (Å²) in [5.41, 5.74) is 6.22. The Labute approximate surface area is 126 Å². The third-order valence-electron chi connectivity index (χ3n) is 4.48. The van der Waals surface area contributed by atoms with Crippen LogP contribution in [0.25, 0.3) is 0 Å². The Hall–Kier alpha value is -1.71. The number of carbonyl (C=O) groups is 1. The number of anilines is 1. The van der Waals surface area contributed by atoms with Gasteiger partial charge in [0.2, 0.25) is 0 Å². The van der Waals surface area contributed by atoms with Gasteiger partial charge in [-0.2, -0.15) is 0 Å². The number of rotatable bonds is 3. The molecule has 0 amide bonds. The lowest BCUT2D eigenvalue weighted by Gasteiger charge is -2.36. The second-order valence-corrected chi connectivity index (χ2v) is 6.54. The first kappa shape index (κ1) is 15.7. The van der Waals surface area contributed by atoms with Crippen LogP contribution in [0.2, 0.25) is 0 Å². The molecule has 4 nitrogen and oxygen atoms in total. The number of phenols is 1. The number of nitrogen functional groups attached to an aromatic ring is 1. The van der Waals surface area contributed by atoms with E-state index in [1.807, 2.05) is 0 Å². The first-order chi connectivity index (χ1) is 9.88. The topological polar surface area (TPSA) is 72.5 Å². The van der Waals surface area contributed by atoms with Crippen molar-refractivity contribution >= 4 is 11.7 Å². The second kappa shape index (κ2) is 6.37. The Morgan fingerprint density at radius 1 is 1.38 bits per heavy atom. The van der Waals surface area contributed by atoms with Gasteiger partial charge in [0.15, 0.2) is 0 Å². The maximum atomic E-state index is 12.3. The minimum Gasteiger partial charge on any atom is -0.506 e. The molecule has 21 heavy (non-hydrogen) atoms. The summed E-state index contributed by atoms with van der Waals surface area (Å²) < 4.78 is 5.74. The molecule has 3 atom stereocenters. The summed E-state index contributed by atoms with van der Waals surface area (Å²) in [5.74, 6) is 1.13. The van der Waals surface area contributed by atoms with Crippen molar-refractivity contribution in [2.24, 2.45) is 17.8 Å². The highest BCUT2D eigenvalue weighted by Crippen LogP contribution is 2.35. The van der Waals surface area contributed by atoms with E-state index < -0.39 is 0 Å². The van der Waals surface area contributed by atoms with Gasteiger partial charge in [-0.3, -0.25) is 0 Å². The predicted octanol–water partition coefficient (Wildman–Crippen LogP) is 3.59. The van der Waals surface area contributed by atoms with Crippen molar-refractivity contribution in [3.8, 4) is 5.75 Å². The predicted molar refractivity (Wildman–Crippen MR) is 83.1 cm³/mol. The van der Waals surface area contributed by atoms with E-state index in [0.717, 1.165) is 12.8 Å². The fraction of sp³-hybridized carbons (Fsp3) is 0.588. The molecule has 0 bridgehead atoms. The molecular formula is C17H25NO3. The van der Waals surface area contributed by atoms with Gasteiger partial charge < -0.3 is 15.6 Å². The minimum atomic E-state index is -0.355. The Morgan fingerprint density at radius 3 is 2.71 bits per heavy atom. The molecule has 0 heterocycles. The van der Waals surface area contributed by atoms with Crippen LogP contribution in [0.1, 0.15) is 50.4 Å². The van der Waals surface area contributed by atoms with Crippen LogP contribution in [0.3, 0.4) is 0 Å². The van der Waals surface area contributed by atoms with Crippen molar-refractivity contribution in [3.63, 3.8) is 0 Å². The molecule has 1 fully saturated rings. The number of aromatic hydroxyl groups is 1. The van der Waals surface area contributed by atoms with Crippen molar-refractivity contribution in [1.82, 2.24) is 0 Å². The van der Waals surface area contributed by atoms with Gasteiger partial charge >= 0.3 is 5.97 Å². The van der Waals surface area contributed by atoms with Crippen molar-refractivity contribution in [1.29, 1.82) is 0 Å². The van der Waals surface area contributed by atoms with Crippen molar-refractivity contribution in [3.05, 3.63) is 23.8 Å². The SMILES string of the molecule is CC1CCC(C(C)C)C(OC(=O)c2ccc(O)c(N)c2)C1. The molecule has 1 aromatic rings. The highest BCUT2D eigenvalue weighted by molar-refractivity contribution is 5.91. The molecule has 0 aromatic heterocycles. The Balaban J connectivity index is 2.10. The summed E-state index contributed by atoms with van der Waals surface area (Å²) in [6.07, 6.45) is 3.19. The van der Waals surface area contributed by atoms with E-state index in [1.54, 1.807) is 6.07 Å². The zero-order chi connectivity index (χ0) is 15.6. The normalized spacial score (nSPS) is 25.8. The fourth-order valence-electron chi connectivity index (χ4n) is 3.14. The highest BCUT2D eigenvalue weighted by atomic mass is 16.5. The van der Waals surface area contributed by atoms with E-state index >= 15 is 0 Å². The third kappa shape index (κ3) is 3.69. The van der Waals surface area contributed by atoms with E-state index in [0.29, 0.717) is 23.3 Å². The molecule has 0 saturated heterocycles. The van der Waals surface area contributed by atoms with Crippen molar-refractivity contribution < 1.29 is 14.6 Å². The monoisotopic (exact) mass is 291 g/mol. The Bertz CT molecular complexity index is 513. The van der Waals surface area contributed by atoms with E-state index in [2.05, 4.69) is 20.8 Å². The molecule has 1 aliphatic carbocycles. The summed E-state index contributed by atoms with van der Waals surface area (Å²) in [4.78, 5) is 12.3. The highest BCUT2D eigenvalue weighted by Gasteiger charge is 2.33. The Morgan fingerprint density at radius 2 is 2.10 bits per heavy atom. The van der Waals surface area contributed by atoms with Crippen LogP contribution in [0, 0.1) is 17.8 Å². The smallest absolute Gasteiger partial charge is 0.338 e. The standard InChI is InChI=1S/C17H25NO3/c1-10(2)13-6-4-11(3)8-16(13)21-17(20)12-5-7-15(19)14(18)9-12/h5,7,9-11,13,16,19H,4,6,8,18H2,1-3H3. The van der Waals surface area contributed by atoms with Gasteiger partial charge in [0.05, 0.1) is 11.3 Å². The molecule has 0 spiro atoms. The number of carbonyl (C=O) groups excluding carboxylic acids is 1. The van der Waals surface area contributed by atoms with Crippen LogP contribution in [0.15, 0.2) is 18.2 Å². The zero-order valence-corrected chi connectivity index (χ0v) is 13.0. The van der Waals surface area contributed by atoms with Gasteiger partial charge in [-0.25, -0.2) is 4.79 Å². The largest absolute Gasteiger partial charge is 0.506 e. The lowest BCUT2D eigenvalue weighted by Crippen LogP contribution is -2.35. The number of hydrogen-bond donors (Lipinski definition) is 2. The molecule has 0 aliphatic heterocycles. The summed E-state index contributed by atoms with van der Waals surface area (Å²) in [5, 5.41) is 9.42. The van der Waals surface area contributed by atoms with Crippen molar-refractivity contribution in [2.75, 3.05) is 5.73 Å². The van der Waals surface area contributed by atoms with Crippen LogP contribution in [-0.2, 0) is 4.74 Å². The summed E-state index contributed by atoms with van der Waals surface area (Å²) in [7, 11) is 0. The maximum absolute atomic E-state index is 12.3. The van der Waals surface area contributed by atoms with Crippen LogP contribution in [0.5, 0.6) is 5.75 Å². The summed E-state index contributed by atoms with van der Waals surface area (Å²) in [6, 6.07) is 4.44. The van der Waals surface area contributed by atoms with Crippen molar-refractivity contribution in [2.45, 2.75) is 46.1 Å². The average Bonchev–Trinajstić information content (AvgIpc) is 2.41. The number of nitrogens with two attached hydrogens (primary N) is 1. The van der Waals surface area contributed by atoms with Crippen LogP contribution < -0.4 is 5.73 Å². The molecule has 116 valence electrons. The zero-order valence-electron chi connectivity index (χ0n) is 13.0. The lowest BCUT2D eigenvalue weighted by atomic mass is 9.75.